The van der Waals surface area contributed by atoms with Gasteiger partial charge in [0.15, 0.2) is 0 Å². The van der Waals surface area contributed by atoms with E-state index in [-0.39, 0.29) is 17.8 Å². The molecule has 1 atom stereocenters. The van der Waals surface area contributed by atoms with Gasteiger partial charge in [-0.25, -0.2) is 4.39 Å². The Morgan fingerprint density at radius 1 is 1.56 bits per heavy atom. The van der Waals surface area contributed by atoms with Crippen LogP contribution in [0.25, 0.3) is 0 Å². The highest BCUT2D eigenvalue weighted by Gasteiger charge is 2.29. The SMILES string of the molecule is CCC(C(N)=O)N1Cc2cccc(F)c2C1. The summed E-state index contributed by atoms with van der Waals surface area (Å²) >= 11 is 0. The zero-order valence-electron chi connectivity index (χ0n) is 9.24. The molecule has 0 spiro atoms. The number of hydrogen-bond acceptors (Lipinski definition) is 2. The molecule has 1 amide bonds. The lowest BCUT2D eigenvalue weighted by Crippen LogP contribution is -2.41. The molecule has 0 saturated carbocycles. The molecular weight excluding hydrogens is 207 g/mol. The Kier molecular flexibility index (Phi) is 2.92. The molecule has 16 heavy (non-hydrogen) atoms. The average Bonchev–Trinajstić information content (AvgIpc) is 2.63. The van der Waals surface area contributed by atoms with Crippen molar-refractivity contribution in [3.8, 4) is 0 Å². The molecular formula is C12H15FN2O. The number of hydrogen-bond donors (Lipinski definition) is 1. The van der Waals surface area contributed by atoms with Gasteiger partial charge < -0.3 is 5.73 Å². The number of primary amides is 1. The Bertz CT molecular complexity index is 419. The third-order valence-electron chi connectivity index (χ3n) is 3.11. The van der Waals surface area contributed by atoms with Gasteiger partial charge in [-0.1, -0.05) is 19.1 Å². The minimum absolute atomic E-state index is 0.195. The molecule has 1 aliphatic heterocycles. The molecule has 3 nitrogen and oxygen atoms in total. The van der Waals surface area contributed by atoms with E-state index < -0.39 is 0 Å². The first-order valence-electron chi connectivity index (χ1n) is 5.43. The van der Waals surface area contributed by atoms with Crippen LogP contribution in [0.1, 0.15) is 24.5 Å². The number of amides is 1. The number of carbonyl (C=O) groups is 1. The van der Waals surface area contributed by atoms with Crippen LogP contribution in [0, 0.1) is 5.82 Å². The van der Waals surface area contributed by atoms with Crippen molar-refractivity contribution in [1.29, 1.82) is 0 Å². The first-order valence-corrected chi connectivity index (χ1v) is 5.43. The maximum absolute atomic E-state index is 13.5. The first kappa shape index (κ1) is 11.1. The minimum atomic E-state index is -0.337. The van der Waals surface area contributed by atoms with Gasteiger partial charge in [0.25, 0.3) is 0 Å². The molecule has 1 heterocycles. The van der Waals surface area contributed by atoms with Crippen molar-refractivity contribution >= 4 is 5.91 Å². The van der Waals surface area contributed by atoms with Crippen LogP contribution in [0.4, 0.5) is 4.39 Å². The summed E-state index contributed by atoms with van der Waals surface area (Å²) in [6.45, 7) is 2.99. The highest BCUT2D eigenvalue weighted by molar-refractivity contribution is 5.79. The van der Waals surface area contributed by atoms with E-state index in [0.717, 1.165) is 5.56 Å². The molecule has 1 unspecified atom stereocenters. The van der Waals surface area contributed by atoms with E-state index in [2.05, 4.69) is 0 Å². The molecule has 0 fully saturated rings. The summed E-state index contributed by atoms with van der Waals surface area (Å²) < 4.78 is 13.5. The molecule has 1 aromatic rings. The fourth-order valence-corrected chi connectivity index (χ4v) is 2.27. The van der Waals surface area contributed by atoms with Crippen LogP contribution < -0.4 is 5.73 Å². The number of halogens is 1. The second kappa shape index (κ2) is 4.22. The van der Waals surface area contributed by atoms with Crippen LogP contribution in [-0.2, 0) is 17.9 Å². The summed E-state index contributed by atoms with van der Waals surface area (Å²) in [6.07, 6.45) is 0.658. The fourth-order valence-electron chi connectivity index (χ4n) is 2.27. The Labute approximate surface area is 94.0 Å². The lowest BCUT2D eigenvalue weighted by Gasteiger charge is -2.23. The molecule has 0 aromatic heterocycles. The monoisotopic (exact) mass is 222 g/mol. The van der Waals surface area contributed by atoms with E-state index in [1.165, 1.54) is 6.07 Å². The predicted molar refractivity (Wildman–Crippen MR) is 58.9 cm³/mol. The third kappa shape index (κ3) is 1.80. The Morgan fingerprint density at radius 3 is 2.88 bits per heavy atom. The lowest BCUT2D eigenvalue weighted by atomic mass is 10.1. The van der Waals surface area contributed by atoms with Crippen molar-refractivity contribution in [1.82, 2.24) is 4.90 Å². The van der Waals surface area contributed by atoms with Gasteiger partial charge in [0.05, 0.1) is 6.04 Å². The Balaban J connectivity index is 2.22. The van der Waals surface area contributed by atoms with Crippen molar-refractivity contribution in [2.45, 2.75) is 32.5 Å². The van der Waals surface area contributed by atoms with E-state index in [9.17, 15) is 9.18 Å². The second-order valence-corrected chi connectivity index (χ2v) is 4.11. The Morgan fingerprint density at radius 2 is 2.31 bits per heavy atom. The first-order chi connectivity index (χ1) is 7.63. The zero-order chi connectivity index (χ0) is 11.7. The van der Waals surface area contributed by atoms with Gasteiger partial charge in [-0.2, -0.15) is 0 Å². The highest BCUT2D eigenvalue weighted by Crippen LogP contribution is 2.27. The fraction of sp³-hybridized carbons (Fsp3) is 0.417. The normalized spacial score (nSPS) is 17.1. The minimum Gasteiger partial charge on any atom is -0.368 e. The van der Waals surface area contributed by atoms with Crippen LogP contribution in [0.15, 0.2) is 18.2 Å². The molecule has 2 rings (SSSR count). The Hall–Kier alpha value is -1.42. The number of rotatable bonds is 3. The standard InChI is InChI=1S/C12H15FN2O/c1-2-11(12(14)16)15-6-8-4-3-5-10(13)9(8)7-15/h3-5,11H,2,6-7H2,1H3,(H2,14,16). The lowest BCUT2D eigenvalue weighted by molar-refractivity contribution is -0.123. The molecule has 1 aromatic carbocycles. The van der Waals surface area contributed by atoms with Gasteiger partial charge in [0.2, 0.25) is 5.91 Å². The largest absolute Gasteiger partial charge is 0.368 e. The summed E-state index contributed by atoms with van der Waals surface area (Å²) in [6, 6.07) is 4.74. The van der Waals surface area contributed by atoms with E-state index in [1.807, 2.05) is 17.9 Å². The van der Waals surface area contributed by atoms with Crippen molar-refractivity contribution < 1.29 is 9.18 Å². The highest BCUT2D eigenvalue weighted by atomic mass is 19.1. The molecule has 0 radical (unpaired) electrons. The van der Waals surface area contributed by atoms with Gasteiger partial charge in [0, 0.05) is 18.7 Å². The van der Waals surface area contributed by atoms with Crippen LogP contribution in [-0.4, -0.2) is 16.8 Å². The summed E-state index contributed by atoms with van der Waals surface area (Å²) in [4.78, 5) is 13.2. The van der Waals surface area contributed by atoms with E-state index in [4.69, 9.17) is 5.73 Å². The molecule has 0 aliphatic carbocycles. The van der Waals surface area contributed by atoms with Crippen molar-refractivity contribution in [2.24, 2.45) is 5.73 Å². The van der Waals surface area contributed by atoms with Crippen LogP contribution in [0.5, 0.6) is 0 Å². The predicted octanol–water partition coefficient (Wildman–Crippen LogP) is 1.41. The topological polar surface area (TPSA) is 46.3 Å². The number of nitrogens with zero attached hydrogens (tertiary/aromatic N) is 1. The third-order valence-corrected chi connectivity index (χ3v) is 3.11. The number of fused-ring (bicyclic) bond motifs is 1. The van der Waals surface area contributed by atoms with E-state index >= 15 is 0 Å². The molecule has 1 aliphatic rings. The van der Waals surface area contributed by atoms with Crippen molar-refractivity contribution in [3.05, 3.63) is 35.1 Å². The molecule has 2 N–H and O–H groups in total. The summed E-state index contributed by atoms with van der Waals surface area (Å²) in [7, 11) is 0. The van der Waals surface area contributed by atoms with Gasteiger partial charge in [0.1, 0.15) is 5.82 Å². The quantitative estimate of drug-likeness (QED) is 0.840. The van der Waals surface area contributed by atoms with Crippen molar-refractivity contribution in [2.75, 3.05) is 0 Å². The van der Waals surface area contributed by atoms with E-state index in [0.29, 0.717) is 25.1 Å². The number of benzene rings is 1. The van der Waals surface area contributed by atoms with Gasteiger partial charge >= 0.3 is 0 Å². The van der Waals surface area contributed by atoms with Gasteiger partial charge in [-0.05, 0) is 18.1 Å². The van der Waals surface area contributed by atoms with Crippen LogP contribution >= 0.6 is 0 Å². The number of nitrogens with two attached hydrogens (primary N) is 1. The maximum atomic E-state index is 13.5. The summed E-state index contributed by atoms with van der Waals surface area (Å²) in [5, 5.41) is 0. The molecule has 0 bridgehead atoms. The van der Waals surface area contributed by atoms with Crippen molar-refractivity contribution in [3.63, 3.8) is 0 Å². The second-order valence-electron chi connectivity index (χ2n) is 4.11. The molecule has 86 valence electrons. The molecule has 0 saturated heterocycles. The van der Waals surface area contributed by atoms with Gasteiger partial charge in [-0.15, -0.1) is 0 Å². The van der Waals surface area contributed by atoms with Crippen LogP contribution in [0.2, 0.25) is 0 Å². The molecule has 4 heteroatoms. The van der Waals surface area contributed by atoms with Crippen LogP contribution in [0.3, 0.4) is 0 Å². The number of carbonyl (C=O) groups excluding carboxylic acids is 1. The zero-order valence-corrected chi connectivity index (χ0v) is 9.24. The van der Waals surface area contributed by atoms with Gasteiger partial charge in [-0.3, -0.25) is 9.69 Å². The average molecular weight is 222 g/mol. The van der Waals surface area contributed by atoms with E-state index in [1.54, 1.807) is 6.07 Å². The smallest absolute Gasteiger partial charge is 0.234 e. The summed E-state index contributed by atoms with van der Waals surface area (Å²) in [5.74, 6) is -0.532. The summed E-state index contributed by atoms with van der Waals surface area (Å²) in [5.41, 5.74) is 6.98. The maximum Gasteiger partial charge on any atom is 0.234 e.